The summed E-state index contributed by atoms with van der Waals surface area (Å²) in [4.78, 5) is 4.34. The van der Waals surface area contributed by atoms with Gasteiger partial charge in [0.1, 0.15) is 22.8 Å². The summed E-state index contributed by atoms with van der Waals surface area (Å²) in [5.41, 5.74) is 3.58. The molecule has 2 aromatic heterocycles. The lowest BCUT2D eigenvalue weighted by Crippen LogP contribution is -2.00. The number of pyridine rings is 1. The van der Waals surface area contributed by atoms with Gasteiger partial charge in [0.15, 0.2) is 11.0 Å². The molecule has 37 heavy (non-hydrogen) atoms. The molecule has 6 nitrogen and oxygen atoms in total. The number of phenolic OH excluding ortho intramolecular Hbond substituents is 1. The van der Waals surface area contributed by atoms with Crippen LogP contribution in [0.5, 0.6) is 17.2 Å². The molecule has 0 radical (unpaired) electrons. The maximum atomic E-state index is 10.2. The van der Waals surface area contributed by atoms with Crippen molar-refractivity contribution in [1.29, 1.82) is 0 Å². The van der Waals surface area contributed by atoms with E-state index in [2.05, 4.69) is 19.7 Å². The Balaban J connectivity index is 1.32. The highest BCUT2D eigenvalue weighted by molar-refractivity contribution is 7.98. The Morgan fingerprint density at radius 1 is 0.730 bits per heavy atom. The van der Waals surface area contributed by atoms with Crippen LogP contribution in [-0.2, 0) is 5.75 Å². The van der Waals surface area contributed by atoms with Gasteiger partial charge in [-0.2, -0.15) is 0 Å². The molecule has 0 atom stereocenters. The van der Waals surface area contributed by atoms with Crippen molar-refractivity contribution in [3.05, 3.63) is 121 Å². The highest BCUT2D eigenvalue weighted by Gasteiger charge is 2.17. The van der Waals surface area contributed by atoms with Crippen LogP contribution in [0.3, 0.4) is 0 Å². The van der Waals surface area contributed by atoms with Gasteiger partial charge in [-0.05, 0) is 66.2 Å². The van der Waals surface area contributed by atoms with Gasteiger partial charge in [0.2, 0.25) is 0 Å². The van der Waals surface area contributed by atoms with E-state index < -0.39 is 0 Å². The van der Waals surface area contributed by atoms with E-state index in [-0.39, 0.29) is 5.75 Å². The number of benzene rings is 4. The summed E-state index contributed by atoms with van der Waals surface area (Å²) in [6.45, 7) is 0. The second kappa shape index (κ2) is 10.2. The molecule has 6 aromatic rings. The van der Waals surface area contributed by atoms with Gasteiger partial charge in [-0.25, -0.2) is 0 Å². The number of hydrogen-bond acceptors (Lipinski definition) is 6. The van der Waals surface area contributed by atoms with Crippen LogP contribution >= 0.6 is 11.8 Å². The monoisotopic (exact) mass is 502 g/mol. The molecule has 6 rings (SSSR count). The second-order valence-corrected chi connectivity index (χ2v) is 9.29. The Hall–Kier alpha value is -4.62. The van der Waals surface area contributed by atoms with Gasteiger partial charge in [0.05, 0.1) is 0 Å². The zero-order chi connectivity index (χ0) is 25.0. The quantitative estimate of drug-likeness (QED) is 0.231. The van der Waals surface area contributed by atoms with Crippen molar-refractivity contribution in [2.45, 2.75) is 10.9 Å². The number of thioether (sulfide) groups is 1. The molecule has 0 aliphatic rings. The van der Waals surface area contributed by atoms with E-state index in [1.807, 2.05) is 103 Å². The number of nitrogens with zero attached hydrogens (tertiary/aromatic N) is 4. The topological polar surface area (TPSA) is 73.1 Å². The van der Waals surface area contributed by atoms with Gasteiger partial charge < -0.3 is 9.84 Å². The van der Waals surface area contributed by atoms with Crippen LogP contribution in [0.15, 0.2) is 121 Å². The van der Waals surface area contributed by atoms with Crippen LogP contribution in [0.2, 0.25) is 0 Å². The van der Waals surface area contributed by atoms with E-state index in [0.29, 0.717) is 11.3 Å². The first kappa shape index (κ1) is 22.8. The van der Waals surface area contributed by atoms with Crippen LogP contribution in [0.25, 0.3) is 28.0 Å². The first-order valence-electron chi connectivity index (χ1n) is 11.8. The number of phenols is 1. The number of ether oxygens (including phenoxy) is 1. The third-order valence-corrected chi connectivity index (χ3v) is 6.91. The first-order chi connectivity index (χ1) is 18.3. The van der Waals surface area contributed by atoms with Gasteiger partial charge in [0.25, 0.3) is 0 Å². The van der Waals surface area contributed by atoms with Crippen LogP contribution in [0.1, 0.15) is 5.56 Å². The van der Waals surface area contributed by atoms with Crippen molar-refractivity contribution in [2.24, 2.45) is 0 Å². The molecule has 1 N–H and O–H groups in total. The lowest BCUT2D eigenvalue weighted by molar-refractivity contribution is 0.480. The lowest BCUT2D eigenvalue weighted by atomic mass is 10.1. The minimum atomic E-state index is 0.179. The second-order valence-electron chi connectivity index (χ2n) is 8.35. The molecule has 0 amide bonds. The Morgan fingerprint density at radius 2 is 1.46 bits per heavy atom. The Labute approximate surface area is 218 Å². The summed E-state index contributed by atoms with van der Waals surface area (Å²) in [6.07, 6.45) is 1.69. The predicted molar refractivity (Wildman–Crippen MR) is 146 cm³/mol. The SMILES string of the molecule is Oc1ccc(CSc2nnc(-c3ccc(Oc4ccccc4)cc3)n2-c2ccccc2)c2cccnc12. The molecule has 0 bridgehead atoms. The van der Waals surface area contributed by atoms with E-state index in [0.717, 1.165) is 44.7 Å². The zero-order valence-electron chi connectivity index (χ0n) is 19.7. The highest BCUT2D eigenvalue weighted by Crippen LogP contribution is 2.33. The minimum Gasteiger partial charge on any atom is -0.506 e. The largest absolute Gasteiger partial charge is 0.506 e. The molecule has 0 unspecified atom stereocenters. The van der Waals surface area contributed by atoms with Gasteiger partial charge in [0, 0.05) is 28.6 Å². The maximum Gasteiger partial charge on any atom is 0.196 e. The molecule has 0 fully saturated rings. The Morgan fingerprint density at radius 3 is 2.24 bits per heavy atom. The molecule has 180 valence electrons. The summed E-state index contributed by atoms with van der Waals surface area (Å²) in [7, 11) is 0. The molecule has 0 spiro atoms. The van der Waals surface area contributed by atoms with E-state index in [4.69, 9.17) is 4.74 Å². The summed E-state index contributed by atoms with van der Waals surface area (Å²) < 4.78 is 8.02. The lowest BCUT2D eigenvalue weighted by Gasteiger charge is -2.12. The van der Waals surface area contributed by atoms with E-state index in [1.165, 1.54) is 0 Å². The molecule has 4 aromatic carbocycles. The smallest absolute Gasteiger partial charge is 0.196 e. The summed E-state index contributed by atoms with van der Waals surface area (Å²) in [5.74, 6) is 3.12. The van der Waals surface area contributed by atoms with E-state index >= 15 is 0 Å². The molecule has 0 saturated carbocycles. The van der Waals surface area contributed by atoms with Crippen molar-refractivity contribution in [3.63, 3.8) is 0 Å². The van der Waals surface area contributed by atoms with Crippen LogP contribution in [-0.4, -0.2) is 24.9 Å². The normalized spacial score (nSPS) is 11.0. The van der Waals surface area contributed by atoms with Crippen molar-refractivity contribution >= 4 is 22.7 Å². The number of fused-ring (bicyclic) bond motifs is 1. The molecular weight excluding hydrogens is 480 g/mol. The average molecular weight is 503 g/mol. The van der Waals surface area contributed by atoms with Gasteiger partial charge in [-0.1, -0.05) is 60.3 Å². The van der Waals surface area contributed by atoms with Crippen molar-refractivity contribution in [1.82, 2.24) is 19.7 Å². The maximum absolute atomic E-state index is 10.2. The molecule has 0 aliphatic carbocycles. The van der Waals surface area contributed by atoms with Crippen molar-refractivity contribution in [3.8, 4) is 34.3 Å². The molecule has 0 aliphatic heterocycles. The standard InChI is InChI=1S/C30H22N4O2S/c35-27-18-15-22(26-12-7-19-31-28(26)27)20-37-30-33-32-29(34(30)23-8-3-1-4-9-23)21-13-16-25(17-14-21)36-24-10-5-2-6-11-24/h1-19,35H,20H2. The Bertz CT molecular complexity index is 1650. The molecule has 2 heterocycles. The Kier molecular flexibility index (Phi) is 6.27. The third-order valence-electron chi connectivity index (χ3n) is 5.93. The van der Waals surface area contributed by atoms with E-state index in [9.17, 15) is 5.11 Å². The number of aromatic hydroxyl groups is 1. The van der Waals surface area contributed by atoms with Crippen LogP contribution in [0, 0.1) is 0 Å². The molecule has 0 saturated heterocycles. The number of aromatic nitrogens is 4. The summed E-state index contributed by atoms with van der Waals surface area (Å²) in [5, 5.41) is 21.0. The van der Waals surface area contributed by atoms with Crippen LogP contribution in [0.4, 0.5) is 0 Å². The fourth-order valence-electron chi connectivity index (χ4n) is 4.14. The zero-order valence-corrected chi connectivity index (χ0v) is 20.5. The van der Waals surface area contributed by atoms with Crippen LogP contribution < -0.4 is 4.74 Å². The van der Waals surface area contributed by atoms with E-state index in [1.54, 1.807) is 24.0 Å². The van der Waals surface area contributed by atoms with Gasteiger partial charge in [-0.15, -0.1) is 10.2 Å². The minimum absolute atomic E-state index is 0.179. The first-order valence-corrected chi connectivity index (χ1v) is 12.8. The average Bonchev–Trinajstić information content (AvgIpc) is 3.38. The number of rotatable bonds is 7. The number of para-hydroxylation sites is 2. The highest BCUT2D eigenvalue weighted by atomic mass is 32.2. The number of hydrogen-bond donors (Lipinski definition) is 1. The molecule has 7 heteroatoms. The summed E-state index contributed by atoms with van der Waals surface area (Å²) >= 11 is 1.59. The summed E-state index contributed by atoms with van der Waals surface area (Å²) in [6, 6.07) is 35.2. The van der Waals surface area contributed by atoms with Crippen molar-refractivity contribution in [2.75, 3.05) is 0 Å². The predicted octanol–water partition coefficient (Wildman–Crippen LogP) is 7.27. The fourth-order valence-corrected chi connectivity index (χ4v) is 5.10. The molecular formula is C30H22N4O2S. The van der Waals surface area contributed by atoms with Crippen molar-refractivity contribution < 1.29 is 9.84 Å². The third kappa shape index (κ3) is 4.77. The van der Waals surface area contributed by atoms with Gasteiger partial charge in [-0.3, -0.25) is 9.55 Å². The van der Waals surface area contributed by atoms with Gasteiger partial charge >= 0.3 is 0 Å². The fraction of sp³-hybridized carbons (Fsp3) is 0.0333.